The van der Waals surface area contributed by atoms with E-state index in [0.29, 0.717) is 24.0 Å². The summed E-state index contributed by atoms with van der Waals surface area (Å²) in [6.45, 7) is 5.41. The molecule has 0 bridgehead atoms. The summed E-state index contributed by atoms with van der Waals surface area (Å²) in [7, 11) is -1.65. The van der Waals surface area contributed by atoms with Gasteiger partial charge in [-0.1, -0.05) is 44.4 Å². The lowest BCUT2D eigenvalue weighted by Gasteiger charge is -2.10. The van der Waals surface area contributed by atoms with E-state index in [4.69, 9.17) is 11.6 Å². The molecule has 0 aliphatic heterocycles. The predicted octanol–water partition coefficient (Wildman–Crippen LogP) is 3.16. The summed E-state index contributed by atoms with van der Waals surface area (Å²) in [6, 6.07) is 4.84. The van der Waals surface area contributed by atoms with E-state index in [1.807, 2.05) is 7.05 Å². The van der Waals surface area contributed by atoms with E-state index in [-0.39, 0.29) is 4.90 Å². The van der Waals surface area contributed by atoms with Crippen LogP contribution < -0.4 is 10.0 Å². The Bertz CT molecular complexity index is 545. The van der Waals surface area contributed by atoms with Crippen LogP contribution >= 0.6 is 11.6 Å². The summed E-state index contributed by atoms with van der Waals surface area (Å²) in [5, 5.41) is 3.46. The molecule has 1 aromatic rings. The lowest BCUT2D eigenvalue weighted by molar-refractivity contribution is 0.530. The number of rotatable bonds is 9. The van der Waals surface area contributed by atoms with Gasteiger partial charge in [0.1, 0.15) is 0 Å². The largest absolute Gasteiger partial charge is 0.316 e. The van der Waals surface area contributed by atoms with Gasteiger partial charge in [-0.15, -0.1) is 0 Å². The molecule has 0 fully saturated rings. The van der Waals surface area contributed by atoms with Crippen LogP contribution in [0.3, 0.4) is 0 Å². The molecule has 0 aliphatic carbocycles. The molecule has 0 aliphatic rings. The summed E-state index contributed by atoms with van der Waals surface area (Å²) >= 11 is 6.10. The summed E-state index contributed by atoms with van der Waals surface area (Å²) in [5.74, 6) is 0.653. The molecule has 0 aromatic heterocycles. The van der Waals surface area contributed by atoms with Crippen LogP contribution in [-0.4, -0.2) is 22.0 Å². The van der Waals surface area contributed by atoms with Gasteiger partial charge >= 0.3 is 0 Å². The third kappa shape index (κ3) is 6.34. The number of hydrogen-bond donors (Lipinski definition) is 2. The second-order valence-electron chi connectivity index (χ2n) is 5.57. The summed E-state index contributed by atoms with van der Waals surface area (Å²) in [4.78, 5) is 0.219. The Kier molecular flexibility index (Phi) is 7.66. The van der Waals surface area contributed by atoms with Crippen LogP contribution in [-0.2, 0) is 16.6 Å². The maximum absolute atomic E-state index is 12.2. The van der Waals surface area contributed by atoms with E-state index >= 15 is 0 Å². The molecule has 0 spiro atoms. The van der Waals surface area contributed by atoms with Gasteiger partial charge in [0, 0.05) is 18.1 Å². The highest BCUT2D eigenvalue weighted by molar-refractivity contribution is 7.89. The third-order valence-corrected chi connectivity index (χ3v) is 5.01. The maximum atomic E-state index is 12.2. The number of sulfonamides is 1. The van der Waals surface area contributed by atoms with Crippen LogP contribution in [0, 0.1) is 5.92 Å². The predicted molar refractivity (Wildman–Crippen MR) is 88.1 cm³/mol. The zero-order valence-electron chi connectivity index (χ0n) is 12.9. The van der Waals surface area contributed by atoms with Crippen LogP contribution in [0.1, 0.15) is 38.7 Å². The minimum atomic E-state index is -3.47. The normalized spacial score (nSPS) is 12.0. The second-order valence-corrected chi connectivity index (χ2v) is 7.75. The quantitative estimate of drug-likeness (QED) is 0.683. The molecule has 0 saturated carbocycles. The van der Waals surface area contributed by atoms with Gasteiger partial charge in [-0.3, -0.25) is 0 Å². The van der Waals surface area contributed by atoms with E-state index in [0.717, 1.165) is 24.8 Å². The average molecular weight is 333 g/mol. The highest BCUT2D eigenvalue weighted by Crippen LogP contribution is 2.20. The van der Waals surface area contributed by atoms with Crippen molar-refractivity contribution in [3.8, 4) is 0 Å². The zero-order chi connectivity index (χ0) is 15.9. The van der Waals surface area contributed by atoms with Crippen molar-refractivity contribution in [2.45, 2.75) is 44.6 Å². The lowest BCUT2D eigenvalue weighted by atomic mass is 10.1. The molecule has 0 saturated heterocycles. The minimum absolute atomic E-state index is 0.219. The van der Waals surface area contributed by atoms with Crippen molar-refractivity contribution in [2.75, 3.05) is 13.6 Å². The first-order chi connectivity index (χ1) is 9.86. The fraction of sp³-hybridized carbons (Fsp3) is 0.600. The summed E-state index contributed by atoms with van der Waals surface area (Å²) < 4.78 is 27.0. The molecule has 4 nitrogen and oxygen atoms in total. The molecule has 0 atom stereocenters. The fourth-order valence-electron chi connectivity index (χ4n) is 2.00. The van der Waals surface area contributed by atoms with Gasteiger partial charge in [-0.2, -0.15) is 0 Å². The van der Waals surface area contributed by atoms with Gasteiger partial charge < -0.3 is 5.32 Å². The number of benzene rings is 1. The van der Waals surface area contributed by atoms with Crippen molar-refractivity contribution in [1.82, 2.24) is 10.0 Å². The number of nitrogens with one attached hydrogen (secondary N) is 2. The van der Waals surface area contributed by atoms with Crippen molar-refractivity contribution in [3.05, 3.63) is 28.8 Å². The maximum Gasteiger partial charge on any atom is 0.240 e. The van der Waals surface area contributed by atoms with Gasteiger partial charge in [0.25, 0.3) is 0 Å². The van der Waals surface area contributed by atoms with Crippen molar-refractivity contribution in [1.29, 1.82) is 0 Å². The van der Waals surface area contributed by atoms with Crippen LogP contribution in [0.2, 0.25) is 5.02 Å². The van der Waals surface area contributed by atoms with Gasteiger partial charge in [-0.25, -0.2) is 13.1 Å². The zero-order valence-corrected chi connectivity index (χ0v) is 14.5. The molecule has 21 heavy (non-hydrogen) atoms. The smallest absolute Gasteiger partial charge is 0.240 e. The third-order valence-electron chi connectivity index (χ3n) is 3.20. The van der Waals surface area contributed by atoms with E-state index in [1.165, 1.54) is 6.07 Å². The second kappa shape index (κ2) is 8.73. The van der Waals surface area contributed by atoms with Gasteiger partial charge in [-0.05, 0) is 37.1 Å². The first-order valence-corrected chi connectivity index (χ1v) is 9.15. The SMILES string of the molecule is CNCc1ccc(S(=O)(=O)NCCCCC(C)C)cc1Cl. The fourth-order valence-corrected chi connectivity index (χ4v) is 3.41. The van der Waals surface area contributed by atoms with Crippen molar-refractivity contribution in [3.63, 3.8) is 0 Å². The van der Waals surface area contributed by atoms with Crippen LogP contribution in [0.15, 0.2) is 23.1 Å². The molecule has 0 amide bonds. The van der Waals surface area contributed by atoms with Gasteiger partial charge in [0.2, 0.25) is 10.0 Å². The van der Waals surface area contributed by atoms with Crippen molar-refractivity contribution in [2.24, 2.45) is 5.92 Å². The monoisotopic (exact) mass is 332 g/mol. The Hall–Kier alpha value is -0.620. The Morgan fingerprint density at radius 2 is 1.95 bits per heavy atom. The number of halogens is 1. The van der Waals surface area contributed by atoms with Crippen molar-refractivity contribution >= 4 is 21.6 Å². The highest BCUT2D eigenvalue weighted by Gasteiger charge is 2.14. The molecule has 2 N–H and O–H groups in total. The first-order valence-electron chi connectivity index (χ1n) is 7.29. The molecule has 0 heterocycles. The lowest BCUT2D eigenvalue weighted by Crippen LogP contribution is -2.25. The Balaban J connectivity index is 2.60. The minimum Gasteiger partial charge on any atom is -0.316 e. The number of hydrogen-bond acceptors (Lipinski definition) is 3. The molecule has 1 rings (SSSR count). The average Bonchev–Trinajstić information content (AvgIpc) is 2.40. The van der Waals surface area contributed by atoms with Crippen molar-refractivity contribution < 1.29 is 8.42 Å². The van der Waals surface area contributed by atoms with E-state index in [9.17, 15) is 8.42 Å². The molecule has 120 valence electrons. The van der Waals surface area contributed by atoms with E-state index in [1.54, 1.807) is 12.1 Å². The molecule has 0 radical (unpaired) electrons. The highest BCUT2D eigenvalue weighted by atomic mass is 35.5. The van der Waals surface area contributed by atoms with Gasteiger partial charge in [0.15, 0.2) is 0 Å². The summed E-state index contributed by atoms with van der Waals surface area (Å²) in [6.07, 6.45) is 3.00. The first kappa shape index (κ1) is 18.4. The topological polar surface area (TPSA) is 58.2 Å². The van der Waals surface area contributed by atoms with E-state index in [2.05, 4.69) is 23.9 Å². The van der Waals surface area contributed by atoms with Crippen LogP contribution in [0.25, 0.3) is 0 Å². The van der Waals surface area contributed by atoms with Gasteiger partial charge in [0.05, 0.1) is 4.90 Å². The van der Waals surface area contributed by atoms with Crippen LogP contribution in [0.5, 0.6) is 0 Å². The van der Waals surface area contributed by atoms with Crippen LogP contribution in [0.4, 0.5) is 0 Å². The molecular weight excluding hydrogens is 308 g/mol. The Labute approximate surface area is 133 Å². The molecule has 0 unspecified atom stereocenters. The summed E-state index contributed by atoms with van der Waals surface area (Å²) in [5.41, 5.74) is 0.884. The van der Waals surface area contributed by atoms with E-state index < -0.39 is 10.0 Å². The Morgan fingerprint density at radius 3 is 2.52 bits per heavy atom. The molecule has 1 aromatic carbocycles. The standard InChI is InChI=1S/C15H25ClN2O2S/c1-12(2)6-4-5-9-18-21(19,20)14-8-7-13(11-17-3)15(16)10-14/h7-8,10,12,17-18H,4-6,9,11H2,1-3H3. The number of unbranched alkanes of at least 4 members (excludes halogenated alkanes) is 1. The molecular formula is C15H25ClN2O2S. The molecule has 6 heteroatoms. The Morgan fingerprint density at radius 1 is 1.24 bits per heavy atom.